The van der Waals surface area contributed by atoms with Crippen molar-refractivity contribution in [3.05, 3.63) is 39.4 Å². The lowest BCUT2D eigenvalue weighted by atomic mass is 9.92. The molecule has 2 atom stereocenters. The highest BCUT2D eigenvalue weighted by Crippen LogP contribution is 2.22. The molecule has 0 saturated heterocycles. The summed E-state index contributed by atoms with van der Waals surface area (Å²) in [5.41, 5.74) is 0.569. The molecule has 6 heteroatoms. The Bertz CT molecular complexity index is 530. The summed E-state index contributed by atoms with van der Waals surface area (Å²) in [5, 5.41) is 23.5. The Morgan fingerprint density at radius 1 is 1.40 bits per heavy atom. The molecule has 1 saturated carbocycles. The SMILES string of the molecule is Cc1c(C(=O)NC2CCCCC2O)cccc1[N+](=O)[O-]. The second-order valence-electron chi connectivity index (χ2n) is 5.14. The van der Waals surface area contributed by atoms with Crippen molar-refractivity contribution >= 4 is 11.6 Å². The van der Waals surface area contributed by atoms with Gasteiger partial charge in [0.1, 0.15) is 0 Å². The molecule has 0 heterocycles. The standard InChI is InChI=1S/C14H18N2O4/c1-9-10(5-4-7-12(9)16(19)20)14(18)15-11-6-2-3-8-13(11)17/h4-5,7,11,13,17H,2-3,6,8H2,1H3,(H,15,18). The van der Waals surface area contributed by atoms with Crippen LogP contribution in [0.15, 0.2) is 18.2 Å². The quantitative estimate of drug-likeness (QED) is 0.652. The van der Waals surface area contributed by atoms with Crippen molar-refractivity contribution in [2.45, 2.75) is 44.8 Å². The summed E-state index contributed by atoms with van der Waals surface area (Å²) in [6, 6.07) is 4.17. The van der Waals surface area contributed by atoms with E-state index in [1.807, 2.05) is 0 Å². The van der Waals surface area contributed by atoms with Crippen molar-refractivity contribution in [1.82, 2.24) is 5.32 Å². The highest BCUT2D eigenvalue weighted by atomic mass is 16.6. The molecule has 1 aliphatic carbocycles. The molecule has 2 N–H and O–H groups in total. The topological polar surface area (TPSA) is 92.5 Å². The average molecular weight is 278 g/mol. The zero-order valence-electron chi connectivity index (χ0n) is 11.3. The van der Waals surface area contributed by atoms with E-state index >= 15 is 0 Å². The third-order valence-corrected chi connectivity index (χ3v) is 3.79. The molecule has 1 aromatic carbocycles. The lowest BCUT2D eigenvalue weighted by Crippen LogP contribution is -2.45. The number of hydrogen-bond acceptors (Lipinski definition) is 4. The molecule has 108 valence electrons. The minimum Gasteiger partial charge on any atom is -0.391 e. The van der Waals surface area contributed by atoms with Gasteiger partial charge < -0.3 is 10.4 Å². The summed E-state index contributed by atoms with van der Waals surface area (Å²) in [5.74, 6) is -0.364. The Hall–Kier alpha value is -1.95. The number of carbonyl (C=O) groups excluding carboxylic acids is 1. The van der Waals surface area contributed by atoms with Crippen molar-refractivity contribution in [2.24, 2.45) is 0 Å². The monoisotopic (exact) mass is 278 g/mol. The number of nitrogens with one attached hydrogen (secondary N) is 1. The Balaban J connectivity index is 2.17. The van der Waals surface area contributed by atoms with Crippen LogP contribution in [0.2, 0.25) is 0 Å². The van der Waals surface area contributed by atoms with Crippen LogP contribution in [0.5, 0.6) is 0 Å². The van der Waals surface area contributed by atoms with E-state index in [4.69, 9.17) is 0 Å². The van der Waals surface area contributed by atoms with E-state index in [9.17, 15) is 20.0 Å². The number of nitro groups is 1. The molecule has 6 nitrogen and oxygen atoms in total. The average Bonchev–Trinajstić information content (AvgIpc) is 2.41. The number of nitro benzene ring substituents is 1. The third kappa shape index (κ3) is 2.96. The van der Waals surface area contributed by atoms with Gasteiger partial charge in [-0.15, -0.1) is 0 Å². The van der Waals surface area contributed by atoms with E-state index < -0.39 is 11.0 Å². The van der Waals surface area contributed by atoms with Gasteiger partial charge in [0, 0.05) is 17.2 Å². The van der Waals surface area contributed by atoms with Crippen LogP contribution in [0.1, 0.15) is 41.6 Å². The Morgan fingerprint density at radius 3 is 2.75 bits per heavy atom. The number of carbonyl (C=O) groups is 1. The van der Waals surface area contributed by atoms with Gasteiger partial charge in [-0.05, 0) is 25.8 Å². The number of rotatable bonds is 3. The first kappa shape index (κ1) is 14.5. The molecular formula is C14H18N2O4. The third-order valence-electron chi connectivity index (χ3n) is 3.79. The second-order valence-corrected chi connectivity index (χ2v) is 5.14. The first-order valence-electron chi connectivity index (χ1n) is 6.73. The van der Waals surface area contributed by atoms with Crippen molar-refractivity contribution in [3.8, 4) is 0 Å². The summed E-state index contributed by atoms with van der Waals surface area (Å²) in [7, 11) is 0. The van der Waals surface area contributed by atoms with Crippen LogP contribution < -0.4 is 5.32 Å². The van der Waals surface area contributed by atoms with Crippen LogP contribution in [-0.2, 0) is 0 Å². The number of hydrogen-bond donors (Lipinski definition) is 2. The maximum Gasteiger partial charge on any atom is 0.273 e. The molecule has 20 heavy (non-hydrogen) atoms. The van der Waals surface area contributed by atoms with Crippen LogP contribution in [0.3, 0.4) is 0 Å². The molecule has 1 amide bonds. The lowest BCUT2D eigenvalue weighted by molar-refractivity contribution is -0.385. The second kappa shape index (κ2) is 6.00. The molecule has 0 aromatic heterocycles. The zero-order valence-corrected chi connectivity index (χ0v) is 11.3. The fourth-order valence-electron chi connectivity index (χ4n) is 2.59. The van der Waals surface area contributed by atoms with Crippen LogP contribution in [0.25, 0.3) is 0 Å². The molecule has 2 unspecified atom stereocenters. The van der Waals surface area contributed by atoms with Gasteiger partial charge in [0.15, 0.2) is 0 Å². The summed E-state index contributed by atoms with van der Waals surface area (Å²) < 4.78 is 0. The fraction of sp³-hybridized carbons (Fsp3) is 0.500. The normalized spacial score (nSPS) is 22.3. The molecule has 1 aromatic rings. The molecule has 2 rings (SSSR count). The zero-order chi connectivity index (χ0) is 14.7. The predicted molar refractivity (Wildman–Crippen MR) is 73.6 cm³/mol. The molecule has 1 aliphatic rings. The molecule has 0 bridgehead atoms. The number of aliphatic hydroxyl groups excluding tert-OH is 1. The first-order valence-corrected chi connectivity index (χ1v) is 6.73. The number of amides is 1. The van der Waals surface area contributed by atoms with E-state index in [2.05, 4.69) is 5.32 Å². The molecule has 0 spiro atoms. The van der Waals surface area contributed by atoms with Gasteiger partial charge in [0.2, 0.25) is 0 Å². The van der Waals surface area contributed by atoms with Crippen LogP contribution in [0, 0.1) is 17.0 Å². The van der Waals surface area contributed by atoms with Crippen LogP contribution in [-0.4, -0.2) is 28.1 Å². The van der Waals surface area contributed by atoms with Crippen molar-refractivity contribution in [3.63, 3.8) is 0 Å². The number of nitrogens with zero attached hydrogens (tertiary/aromatic N) is 1. The smallest absolute Gasteiger partial charge is 0.273 e. The maximum atomic E-state index is 12.2. The van der Waals surface area contributed by atoms with Crippen molar-refractivity contribution in [1.29, 1.82) is 0 Å². The molecule has 0 aliphatic heterocycles. The predicted octanol–water partition coefficient (Wildman–Crippen LogP) is 1.94. The summed E-state index contributed by atoms with van der Waals surface area (Å²) >= 11 is 0. The largest absolute Gasteiger partial charge is 0.391 e. The van der Waals surface area contributed by atoms with E-state index in [0.29, 0.717) is 12.0 Å². The summed E-state index contributed by atoms with van der Waals surface area (Å²) in [6.45, 7) is 1.56. The molecular weight excluding hydrogens is 260 g/mol. The van der Waals surface area contributed by atoms with Gasteiger partial charge in [-0.1, -0.05) is 18.9 Å². The molecule has 0 radical (unpaired) electrons. The van der Waals surface area contributed by atoms with Gasteiger partial charge in [0.25, 0.3) is 11.6 Å². The number of benzene rings is 1. The van der Waals surface area contributed by atoms with Gasteiger partial charge in [-0.3, -0.25) is 14.9 Å². The highest BCUT2D eigenvalue weighted by Gasteiger charge is 2.26. The number of aliphatic hydroxyl groups is 1. The summed E-state index contributed by atoms with van der Waals surface area (Å²) in [6.07, 6.45) is 2.81. The van der Waals surface area contributed by atoms with Crippen molar-refractivity contribution in [2.75, 3.05) is 0 Å². The Kier molecular flexibility index (Phi) is 4.34. The van der Waals surface area contributed by atoms with E-state index in [1.54, 1.807) is 13.0 Å². The van der Waals surface area contributed by atoms with E-state index in [0.717, 1.165) is 19.3 Å². The van der Waals surface area contributed by atoms with Crippen LogP contribution in [0.4, 0.5) is 5.69 Å². The Morgan fingerprint density at radius 2 is 2.10 bits per heavy atom. The van der Waals surface area contributed by atoms with Gasteiger partial charge in [-0.25, -0.2) is 0 Å². The van der Waals surface area contributed by atoms with Crippen LogP contribution >= 0.6 is 0 Å². The molecule has 1 fully saturated rings. The van der Waals surface area contributed by atoms with E-state index in [-0.39, 0.29) is 23.2 Å². The lowest BCUT2D eigenvalue weighted by Gasteiger charge is -2.28. The minimum absolute atomic E-state index is 0.0677. The van der Waals surface area contributed by atoms with Gasteiger partial charge in [0.05, 0.1) is 17.1 Å². The van der Waals surface area contributed by atoms with Gasteiger partial charge >= 0.3 is 0 Å². The summed E-state index contributed by atoms with van der Waals surface area (Å²) in [4.78, 5) is 22.6. The minimum atomic E-state index is -0.535. The first-order chi connectivity index (χ1) is 9.50. The van der Waals surface area contributed by atoms with E-state index in [1.165, 1.54) is 12.1 Å². The van der Waals surface area contributed by atoms with Crippen molar-refractivity contribution < 1.29 is 14.8 Å². The Labute approximate surface area is 117 Å². The highest BCUT2D eigenvalue weighted by molar-refractivity contribution is 5.96. The fourth-order valence-corrected chi connectivity index (χ4v) is 2.59. The van der Waals surface area contributed by atoms with Gasteiger partial charge in [-0.2, -0.15) is 0 Å². The maximum absolute atomic E-state index is 12.2.